The average Bonchev–Trinajstić information content (AvgIpc) is 3.58. The van der Waals surface area contributed by atoms with E-state index < -0.39 is 11.9 Å². The molecule has 2 heterocycles. The van der Waals surface area contributed by atoms with Crippen molar-refractivity contribution in [2.75, 3.05) is 6.54 Å². The molecule has 0 radical (unpaired) electrons. The molecule has 1 aliphatic carbocycles. The van der Waals surface area contributed by atoms with Gasteiger partial charge in [-0.1, -0.05) is 6.07 Å². The van der Waals surface area contributed by atoms with E-state index in [1.54, 1.807) is 19.1 Å². The van der Waals surface area contributed by atoms with Gasteiger partial charge in [0, 0.05) is 41.6 Å². The highest BCUT2D eigenvalue weighted by Gasteiger charge is 2.32. The maximum Gasteiger partial charge on any atom is 0.433 e. The topological polar surface area (TPSA) is 54.9 Å². The van der Waals surface area contributed by atoms with Crippen LogP contribution in [0.1, 0.15) is 38.4 Å². The molecule has 5 rings (SSSR count). The van der Waals surface area contributed by atoms with Crippen LogP contribution >= 0.6 is 0 Å². The molecule has 0 saturated carbocycles. The van der Waals surface area contributed by atoms with Crippen LogP contribution in [-0.2, 0) is 19.0 Å². The lowest BCUT2D eigenvalue weighted by molar-refractivity contribution is -0.140. The Labute approximate surface area is 192 Å². The summed E-state index contributed by atoms with van der Waals surface area (Å²) in [4.78, 5) is 21.1. The summed E-state index contributed by atoms with van der Waals surface area (Å²) in [7, 11) is 0. The van der Waals surface area contributed by atoms with Gasteiger partial charge in [0.2, 0.25) is 0 Å². The number of carbonyl (C=O) groups is 1. The number of hydrogen-bond donors (Lipinski definition) is 1. The molecule has 34 heavy (non-hydrogen) atoms. The van der Waals surface area contributed by atoms with Gasteiger partial charge in [-0.25, -0.2) is 9.37 Å². The van der Waals surface area contributed by atoms with Gasteiger partial charge >= 0.3 is 6.18 Å². The molecule has 172 valence electrons. The molecule has 0 bridgehead atoms. The Bertz CT molecular complexity index is 1430. The number of benzene rings is 2. The van der Waals surface area contributed by atoms with Crippen molar-refractivity contribution in [2.45, 2.75) is 25.9 Å². The number of pyridine rings is 2. The lowest BCUT2D eigenvalue weighted by Crippen LogP contribution is -2.26. The molecule has 1 aliphatic rings. The molecule has 1 amide bonds. The highest BCUT2D eigenvalue weighted by atomic mass is 19.4. The van der Waals surface area contributed by atoms with Crippen LogP contribution in [-0.4, -0.2) is 22.4 Å². The summed E-state index contributed by atoms with van der Waals surface area (Å²) in [5, 5.41) is 3.32. The molecular formula is C26H19F4N3O. The third-order valence-corrected chi connectivity index (χ3v) is 5.83. The lowest BCUT2D eigenvalue weighted by atomic mass is 10.0. The van der Waals surface area contributed by atoms with E-state index in [-0.39, 0.29) is 17.2 Å². The number of nitrogens with zero attached hydrogens (tertiary/aromatic N) is 2. The summed E-state index contributed by atoms with van der Waals surface area (Å²) < 4.78 is 52.1. The van der Waals surface area contributed by atoms with E-state index in [1.807, 2.05) is 6.07 Å². The van der Waals surface area contributed by atoms with Crippen molar-refractivity contribution in [2.24, 2.45) is 0 Å². The normalized spacial score (nSPS) is 12.5. The van der Waals surface area contributed by atoms with E-state index in [0.29, 0.717) is 29.5 Å². The zero-order chi connectivity index (χ0) is 24.0. The lowest BCUT2D eigenvalue weighted by Gasteiger charge is -2.11. The van der Waals surface area contributed by atoms with Crippen molar-refractivity contribution in [1.82, 2.24) is 15.3 Å². The summed E-state index contributed by atoms with van der Waals surface area (Å²) in [5.74, 6) is -0.625. The first-order chi connectivity index (χ1) is 16.2. The number of nitrogens with one attached hydrogen (secondary N) is 1. The second-order valence-electron chi connectivity index (χ2n) is 8.35. The van der Waals surface area contributed by atoms with Crippen molar-refractivity contribution >= 4 is 16.8 Å². The van der Waals surface area contributed by atoms with Crippen LogP contribution in [0.5, 0.6) is 0 Å². The van der Waals surface area contributed by atoms with Gasteiger partial charge in [0.05, 0.1) is 11.2 Å². The maximum absolute atomic E-state index is 13.2. The van der Waals surface area contributed by atoms with Crippen LogP contribution in [0.4, 0.5) is 17.6 Å². The molecule has 2 aromatic heterocycles. The predicted octanol–water partition coefficient (Wildman–Crippen LogP) is 5.64. The molecule has 4 nitrogen and oxygen atoms in total. The number of aromatic nitrogens is 2. The first-order valence-corrected chi connectivity index (χ1v) is 10.7. The van der Waals surface area contributed by atoms with Crippen molar-refractivity contribution in [3.63, 3.8) is 0 Å². The van der Waals surface area contributed by atoms with E-state index in [0.717, 1.165) is 35.0 Å². The number of carbonyl (C=O) groups excluding carboxylic acids is 1. The van der Waals surface area contributed by atoms with Gasteiger partial charge in [0.25, 0.3) is 5.91 Å². The molecule has 0 aliphatic heterocycles. The third-order valence-electron chi connectivity index (χ3n) is 5.83. The number of hydrogen-bond acceptors (Lipinski definition) is 3. The second-order valence-corrected chi connectivity index (χ2v) is 8.35. The summed E-state index contributed by atoms with van der Waals surface area (Å²) in [6.45, 7) is 1.97. The Morgan fingerprint density at radius 3 is 2.53 bits per heavy atom. The number of aryl methyl sites for hydroxylation is 1. The SMILES string of the molecule is Cc1cc(C(=O)NCCc2cc3c(c(-c4ccc(F)cc4)n2)C3)cc2ccc(C(F)(F)F)nc12. The molecular weight excluding hydrogens is 446 g/mol. The molecule has 4 aromatic rings. The Balaban J connectivity index is 1.28. The van der Waals surface area contributed by atoms with Crippen molar-refractivity contribution < 1.29 is 22.4 Å². The van der Waals surface area contributed by atoms with E-state index in [1.165, 1.54) is 35.9 Å². The number of rotatable bonds is 5. The Hall–Kier alpha value is -3.81. The Morgan fingerprint density at radius 1 is 1.03 bits per heavy atom. The molecule has 0 spiro atoms. The van der Waals surface area contributed by atoms with Crippen molar-refractivity contribution in [3.05, 3.63) is 94.1 Å². The zero-order valence-electron chi connectivity index (χ0n) is 18.1. The summed E-state index contributed by atoms with van der Waals surface area (Å²) in [6.07, 6.45) is -3.16. The van der Waals surface area contributed by atoms with Crippen LogP contribution in [0.2, 0.25) is 0 Å². The van der Waals surface area contributed by atoms with Gasteiger partial charge in [0.1, 0.15) is 11.5 Å². The highest BCUT2D eigenvalue weighted by molar-refractivity contribution is 5.98. The fraction of sp³-hybridized carbons (Fsp3) is 0.192. The van der Waals surface area contributed by atoms with E-state index >= 15 is 0 Å². The monoisotopic (exact) mass is 465 g/mol. The van der Waals surface area contributed by atoms with Gasteiger partial charge in [0.15, 0.2) is 0 Å². The summed E-state index contributed by atoms with van der Waals surface area (Å²) in [5.41, 5.74) is 4.99. The fourth-order valence-corrected chi connectivity index (χ4v) is 4.05. The minimum absolute atomic E-state index is 0.218. The minimum Gasteiger partial charge on any atom is -0.352 e. The Kier molecular flexibility index (Phi) is 5.31. The van der Waals surface area contributed by atoms with E-state index in [2.05, 4.69) is 10.3 Å². The molecule has 2 aromatic carbocycles. The molecule has 0 unspecified atom stereocenters. The number of alkyl halides is 3. The smallest absolute Gasteiger partial charge is 0.352 e. The molecule has 0 atom stereocenters. The zero-order valence-corrected chi connectivity index (χ0v) is 18.1. The summed E-state index contributed by atoms with van der Waals surface area (Å²) >= 11 is 0. The van der Waals surface area contributed by atoms with Crippen LogP contribution in [0.15, 0.2) is 54.6 Å². The quantitative estimate of drug-likeness (QED) is 0.342. The number of halogens is 4. The van der Waals surface area contributed by atoms with Gasteiger partial charge in [-0.15, -0.1) is 0 Å². The van der Waals surface area contributed by atoms with Gasteiger partial charge in [-0.3, -0.25) is 9.78 Å². The summed E-state index contributed by atoms with van der Waals surface area (Å²) in [6, 6.07) is 13.6. The molecule has 8 heteroatoms. The standard InChI is InChI=1S/C26H19F4N3O/c1-14-10-18(11-16-4-7-22(26(28,29)30)33-23(14)16)25(34)31-9-8-20-12-17-13-21(17)24(32-20)15-2-5-19(27)6-3-15/h2-7,10-12H,8-9,13H2,1H3,(H,31,34). The van der Waals surface area contributed by atoms with E-state index in [4.69, 9.17) is 4.98 Å². The average molecular weight is 465 g/mol. The molecule has 1 N–H and O–H groups in total. The van der Waals surface area contributed by atoms with Gasteiger partial charge < -0.3 is 5.32 Å². The van der Waals surface area contributed by atoms with Gasteiger partial charge in [-0.05, 0) is 72.1 Å². The molecule has 0 saturated heterocycles. The maximum atomic E-state index is 13.2. The third kappa shape index (κ3) is 4.35. The predicted molar refractivity (Wildman–Crippen MR) is 120 cm³/mol. The van der Waals surface area contributed by atoms with Crippen molar-refractivity contribution in [1.29, 1.82) is 0 Å². The van der Waals surface area contributed by atoms with Crippen LogP contribution in [0.3, 0.4) is 0 Å². The second kappa shape index (κ2) is 8.20. The minimum atomic E-state index is -4.53. The Morgan fingerprint density at radius 2 is 1.79 bits per heavy atom. The number of fused-ring (bicyclic) bond motifs is 2. The van der Waals surface area contributed by atoms with Crippen LogP contribution < -0.4 is 5.32 Å². The fourth-order valence-electron chi connectivity index (χ4n) is 4.05. The largest absolute Gasteiger partial charge is 0.433 e. The van der Waals surface area contributed by atoms with E-state index in [9.17, 15) is 22.4 Å². The number of amides is 1. The molecule has 0 fully saturated rings. The highest BCUT2D eigenvalue weighted by Crippen LogP contribution is 2.37. The van der Waals surface area contributed by atoms with Crippen LogP contribution in [0, 0.1) is 12.7 Å². The first kappa shape index (κ1) is 22.0. The first-order valence-electron chi connectivity index (χ1n) is 10.7. The van der Waals surface area contributed by atoms with Gasteiger partial charge in [-0.2, -0.15) is 13.2 Å². The van der Waals surface area contributed by atoms with Crippen molar-refractivity contribution in [3.8, 4) is 11.3 Å². The van der Waals surface area contributed by atoms with Crippen LogP contribution in [0.25, 0.3) is 22.2 Å².